The van der Waals surface area contributed by atoms with Crippen LogP contribution in [0.5, 0.6) is 0 Å². The maximum absolute atomic E-state index is 11.0. The molecule has 0 saturated carbocycles. The number of unbranched alkanes of at least 4 members (excludes halogenated alkanes) is 5. The van der Waals surface area contributed by atoms with Gasteiger partial charge in [0.15, 0.2) is 0 Å². The number of alkyl halides is 1. The molecule has 0 heterocycles. The van der Waals surface area contributed by atoms with E-state index in [9.17, 15) is 4.79 Å². The Labute approximate surface area is 173 Å². The van der Waals surface area contributed by atoms with Gasteiger partial charge in [0.05, 0.1) is 19.1 Å². The summed E-state index contributed by atoms with van der Waals surface area (Å²) in [4.78, 5) is 11.0. The van der Waals surface area contributed by atoms with E-state index >= 15 is 0 Å². The van der Waals surface area contributed by atoms with Crippen LogP contribution in [0.15, 0.2) is 54.6 Å². The molecule has 3 nitrogen and oxygen atoms in total. The topological polar surface area (TPSA) is 35.5 Å². The molecule has 0 aliphatic heterocycles. The number of carbonyl (C=O) groups excluding carboxylic acids is 1. The second-order valence-electron chi connectivity index (χ2n) is 7.04. The molecule has 2 aromatic rings. The van der Waals surface area contributed by atoms with Crippen LogP contribution in [0, 0.1) is 0 Å². The normalized spacial score (nSPS) is 12.5. The van der Waals surface area contributed by atoms with Crippen molar-refractivity contribution >= 4 is 28.3 Å². The number of allylic oxidation sites excluding steroid dienone is 1. The Morgan fingerprint density at radius 2 is 1.71 bits per heavy atom. The maximum Gasteiger partial charge on any atom is 0.330 e. The number of fused-ring (bicyclic) bond motifs is 1. The highest BCUT2D eigenvalue weighted by Gasteiger charge is 2.01. The number of hydrogen-bond acceptors (Lipinski definition) is 3. The fourth-order valence-electron chi connectivity index (χ4n) is 3.12. The van der Waals surface area contributed by atoms with Crippen LogP contribution in [0.4, 0.5) is 0 Å². The summed E-state index contributed by atoms with van der Waals surface area (Å²) in [6.07, 6.45) is 11.0. The summed E-state index contributed by atoms with van der Waals surface area (Å²) in [5.41, 5.74) is 1.23. The fraction of sp³-hybridized carbons (Fsp3) is 0.458. The zero-order valence-electron chi connectivity index (χ0n) is 16.7. The average Bonchev–Trinajstić information content (AvgIpc) is 2.73. The quantitative estimate of drug-likeness (QED) is 0.168. The van der Waals surface area contributed by atoms with Crippen molar-refractivity contribution in [3.8, 4) is 0 Å². The van der Waals surface area contributed by atoms with E-state index in [0.717, 1.165) is 25.9 Å². The van der Waals surface area contributed by atoms with Gasteiger partial charge in [-0.15, -0.1) is 11.6 Å². The first kappa shape index (κ1) is 22.4. The molecule has 0 aliphatic carbocycles. The largest absolute Gasteiger partial charge is 0.466 e. The van der Waals surface area contributed by atoms with Gasteiger partial charge in [-0.2, -0.15) is 0 Å². The van der Waals surface area contributed by atoms with Gasteiger partial charge in [-0.1, -0.05) is 74.6 Å². The standard InChI is InChI=1S/C24H31ClO3/c1-27-24(26)16-15-23(25)12-6-4-2-3-5-9-17-28-19-20-13-14-21-10-7-8-11-22(21)18-20/h7-8,10-11,13-16,18,23H,2-6,9,12,17,19H2,1H3/b16-15+/t23-/m0/s1. The molecule has 152 valence electrons. The van der Waals surface area contributed by atoms with Crippen LogP contribution in [-0.2, 0) is 20.9 Å². The van der Waals surface area contributed by atoms with Crippen molar-refractivity contribution in [2.75, 3.05) is 13.7 Å². The monoisotopic (exact) mass is 402 g/mol. The molecule has 0 unspecified atom stereocenters. The third-order valence-electron chi connectivity index (χ3n) is 4.74. The zero-order valence-corrected chi connectivity index (χ0v) is 17.5. The van der Waals surface area contributed by atoms with E-state index in [1.54, 1.807) is 6.08 Å². The molecular weight excluding hydrogens is 372 g/mol. The maximum atomic E-state index is 11.0. The summed E-state index contributed by atoms with van der Waals surface area (Å²) >= 11 is 6.15. The van der Waals surface area contributed by atoms with Crippen LogP contribution in [0.3, 0.4) is 0 Å². The number of methoxy groups -OCH3 is 1. The van der Waals surface area contributed by atoms with E-state index in [1.165, 1.54) is 55.2 Å². The molecule has 1 atom stereocenters. The molecule has 28 heavy (non-hydrogen) atoms. The highest BCUT2D eigenvalue weighted by Crippen LogP contribution is 2.16. The average molecular weight is 403 g/mol. The van der Waals surface area contributed by atoms with Crippen molar-refractivity contribution in [3.05, 3.63) is 60.2 Å². The zero-order chi connectivity index (χ0) is 20.0. The number of ether oxygens (including phenoxy) is 2. The Kier molecular flexibility index (Phi) is 10.7. The minimum absolute atomic E-state index is 0.0948. The lowest BCUT2D eigenvalue weighted by Crippen LogP contribution is -1.98. The molecule has 0 spiro atoms. The van der Waals surface area contributed by atoms with Crippen LogP contribution >= 0.6 is 11.6 Å². The van der Waals surface area contributed by atoms with Gasteiger partial charge < -0.3 is 9.47 Å². The summed E-state index contributed by atoms with van der Waals surface area (Å²) in [5.74, 6) is -0.353. The van der Waals surface area contributed by atoms with Crippen LogP contribution in [-0.4, -0.2) is 25.1 Å². The number of rotatable bonds is 13. The van der Waals surface area contributed by atoms with E-state index in [2.05, 4.69) is 47.2 Å². The first-order valence-electron chi connectivity index (χ1n) is 10.1. The minimum Gasteiger partial charge on any atom is -0.466 e. The van der Waals surface area contributed by atoms with E-state index in [0.29, 0.717) is 6.61 Å². The third-order valence-corrected chi connectivity index (χ3v) is 5.11. The molecular formula is C24H31ClO3. The van der Waals surface area contributed by atoms with E-state index in [-0.39, 0.29) is 11.3 Å². The molecule has 0 amide bonds. The second kappa shape index (κ2) is 13.4. The number of halogens is 1. The van der Waals surface area contributed by atoms with E-state index in [4.69, 9.17) is 16.3 Å². The third kappa shape index (κ3) is 8.90. The van der Waals surface area contributed by atoms with Gasteiger partial charge in [-0.3, -0.25) is 0 Å². The molecule has 2 rings (SSSR count). The Morgan fingerprint density at radius 3 is 2.50 bits per heavy atom. The molecule has 0 aromatic heterocycles. The predicted octanol–water partition coefficient (Wildman–Crippen LogP) is 6.42. The minimum atomic E-state index is -0.353. The first-order chi connectivity index (χ1) is 13.7. The van der Waals surface area contributed by atoms with Crippen LogP contribution < -0.4 is 0 Å². The Hall–Kier alpha value is -1.84. The summed E-state index contributed by atoms with van der Waals surface area (Å²) in [6.45, 7) is 1.50. The summed E-state index contributed by atoms with van der Waals surface area (Å²) in [6, 6.07) is 14.9. The molecule has 0 saturated heterocycles. The van der Waals surface area contributed by atoms with Gasteiger partial charge in [0.2, 0.25) is 0 Å². The SMILES string of the molecule is COC(=O)/C=C/[C@@H](Cl)CCCCCCCCOCc1ccc2ccccc2c1. The van der Waals surface area contributed by atoms with E-state index in [1.807, 2.05) is 0 Å². The Balaban J connectivity index is 1.45. The van der Waals surface area contributed by atoms with Crippen molar-refractivity contribution in [2.24, 2.45) is 0 Å². The number of carbonyl (C=O) groups is 1. The number of esters is 1. The van der Waals surface area contributed by atoms with Crippen molar-refractivity contribution in [2.45, 2.75) is 56.9 Å². The van der Waals surface area contributed by atoms with Crippen molar-refractivity contribution in [3.63, 3.8) is 0 Å². The molecule has 0 N–H and O–H groups in total. The lowest BCUT2D eigenvalue weighted by Gasteiger charge is -2.07. The van der Waals surface area contributed by atoms with Crippen LogP contribution in [0.1, 0.15) is 50.5 Å². The van der Waals surface area contributed by atoms with Gasteiger partial charge >= 0.3 is 5.97 Å². The summed E-state index contributed by atoms with van der Waals surface area (Å²) in [5, 5.41) is 2.44. The van der Waals surface area contributed by atoms with Crippen molar-refractivity contribution < 1.29 is 14.3 Å². The second-order valence-corrected chi connectivity index (χ2v) is 7.60. The summed E-state index contributed by atoms with van der Waals surface area (Å²) in [7, 11) is 1.37. The van der Waals surface area contributed by atoms with Gasteiger partial charge in [-0.25, -0.2) is 4.79 Å². The summed E-state index contributed by atoms with van der Waals surface area (Å²) < 4.78 is 10.4. The molecule has 0 radical (unpaired) electrons. The predicted molar refractivity (Wildman–Crippen MR) is 117 cm³/mol. The molecule has 0 bridgehead atoms. The van der Waals surface area contributed by atoms with Crippen LogP contribution in [0.25, 0.3) is 10.8 Å². The van der Waals surface area contributed by atoms with Gasteiger partial charge in [0, 0.05) is 12.7 Å². The van der Waals surface area contributed by atoms with Crippen LogP contribution in [0.2, 0.25) is 0 Å². The molecule has 2 aromatic carbocycles. The highest BCUT2D eigenvalue weighted by molar-refractivity contribution is 6.21. The van der Waals surface area contributed by atoms with Gasteiger partial charge in [-0.05, 0) is 35.2 Å². The van der Waals surface area contributed by atoms with Crippen molar-refractivity contribution in [1.29, 1.82) is 0 Å². The molecule has 0 aliphatic rings. The highest BCUT2D eigenvalue weighted by atomic mass is 35.5. The van der Waals surface area contributed by atoms with E-state index < -0.39 is 0 Å². The smallest absolute Gasteiger partial charge is 0.330 e. The Bertz CT molecular complexity index is 741. The van der Waals surface area contributed by atoms with Gasteiger partial charge in [0.1, 0.15) is 0 Å². The Morgan fingerprint density at radius 1 is 1.00 bits per heavy atom. The fourth-order valence-corrected chi connectivity index (χ4v) is 3.34. The number of hydrogen-bond donors (Lipinski definition) is 0. The van der Waals surface area contributed by atoms with Gasteiger partial charge in [0.25, 0.3) is 0 Å². The molecule has 0 fully saturated rings. The lowest BCUT2D eigenvalue weighted by molar-refractivity contribution is -0.134. The lowest BCUT2D eigenvalue weighted by atomic mass is 10.1. The number of benzene rings is 2. The molecule has 4 heteroatoms. The first-order valence-corrected chi connectivity index (χ1v) is 10.6. The van der Waals surface area contributed by atoms with Crippen molar-refractivity contribution in [1.82, 2.24) is 0 Å².